The topological polar surface area (TPSA) is 195 Å². The predicted molar refractivity (Wildman–Crippen MR) is 208 cm³/mol. The number of imide groups is 1. The van der Waals surface area contributed by atoms with E-state index in [-0.39, 0.29) is 29.1 Å². The maximum atomic E-state index is 13.7. The number of rotatable bonds is 9. The molecule has 2 aromatic carbocycles. The monoisotopic (exact) mass is 794 g/mol. The molecule has 2 N–H and O–H groups in total. The lowest BCUT2D eigenvalue weighted by Gasteiger charge is -2.32. The number of aromatic nitrogens is 6. The van der Waals surface area contributed by atoms with Gasteiger partial charge in [-0.1, -0.05) is 17.7 Å². The summed E-state index contributed by atoms with van der Waals surface area (Å²) in [5.74, 6) is 1.37. The van der Waals surface area contributed by atoms with E-state index in [1.54, 1.807) is 17.1 Å². The highest BCUT2D eigenvalue weighted by molar-refractivity contribution is 7.89. The summed E-state index contributed by atoms with van der Waals surface area (Å²) in [7, 11) is -1.97. The van der Waals surface area contributed by atoms with E-state index in [4.69, 9.17) is 11.6 Å². The van der Waals surface area contributed by atoms with Gasteiger partial charge >= 0.3 is 6.03 Å². The van der Waals surface area contributed by atoms with Crippen molar-refractivity contribution < 1.29 is 18.0 Å². The van der Waals surface area contributed by atoms with Crippen LogP contribution in [0.15, 0.2) is 66.1 Å². The third kappa shape index (κ3) is 7.65. The van der Waals surface area contributed by atoms with Crippen molar-refractivity contribution in [3.63, 3.8) is 0 Å². The quantitative estimate of drug-likeness (QED) is 0.213. The summed E-state index contributed by atoms with van der Waals surface area (Å²) >= 11 is 5.88. The van der Waals surface area contributed by atoms with Crippen LogP contribution >= 0.6 is 11.6 Å². The van der Waals surface area contributed by atoms with Crippen molar-refractivity contribution in [1.29, 1.82) is 5.26 Å². The second-order valence-corrected chi connectivity index (χ2v) is 16.7. The number of amides is 3. The number of hydrogen-bond donors (Lipinski definition) is 2. The number of nitrogens with one attached hydrogen (secondary N) is 2. The third-order valence-electron chi connectivity index (χ3n) is 10.7. The predicted octanol–water partition coefficient (Wildman–Crippen LogP) is 4.44. The number of nitrogens with zero attached hydrogens (tertiary/aromatic N) is 10. The van der Waals surface area contributed by atoms with Gasteiger partial charge in [0.1, 0.15) is 0 Å². The Kier molecular flexibility index (Phi) is 10.4. The van der Waals surface area contributed by atoms with Crippen LogP contribution in [-0.4, -0.2) is 98.0 Å². The molecule has 288 valence electrons. The van der Waals surface area contributed by atoms with E-state index in [1.807, 2.05) is 13.1 Å². The molecule has 8 rings (SSSR count). The summed E-state index contributed by atoms with van der Waals surface area (Å²) in [6.45, 7) is 3.35. The van der Waals surface area contributed by atoms with E-state index < -0.39 is 16.1 Å². The Labute approximate surface area is 328 Å². The molecule has 3 aliphatic heterocycles. The number of sulfonamides is 1. The van der Waals surface area contributed by atoms with Crippen LogP contribution in [0.3, 0.4) is 0 Å². The number of likely N-dealkylation sites (tertiary alicyclic amines) is 1. The summed E-state index contributed by atoms with van der Waals surface area (Å²) in [6, 6.07) is 12.5. The third-order valence-corrected chi connectivity index (χ3v) is 12.8. The molecule has 3 fully saturated rings. The lowest BCUT2D eigenvalue weighted by Crippen LogP contribution is -2.49. The maximum Gasteiger partial charge on any atom is 0.329 e. The zero-order chi connectivity index (χ0) is 39.0. The molecule has 5 aromatic rings. The number of nitriles is 1. The highest BCUT2D eigenvalue weighted by atomic mass is 35.5. The Morgan fingerprint density at radius 1 is 0.929 bits per heavy atom. The first kappa shape index (κ1) is 37.4. The van der Waals surface area contributed by atoms with Gasteiger partial charge in [-0.3, -0.25) is 24.6 Å². The molecule has 18 heteroatoms. The molecule has 0 saturated carbocycles. The van der Waals surface area contributed by atoms with Crippen LogP contribution < -0.4 is 15.5 Å². The van der Waals surface area contributed by atoms with Gasteiger partial charge in [0.05, 0.1) is 39.5 Å². The average molecular weight is 795 g/mol. The van der Waals surface area contributed by atoms with Crippen molar-refractivity contribution in [2.24, 2.45) is 7.05 Å². The van der Waals surface area contributed by atoms with Gasteiger partial charge in [-0.25, -0.2) is 33.1 Å². The Morgan fingerprint density at radius 2 is 1.66 bits per heavy atom. The smallest absolute Gasteiger partial charge is 0.329 e. The molecular weight excluding hydrogens is 756 g/mol. The van der Waals surface area contributed by atoms with E-state index in [0.717, 1.165) is 42.4 Å². The Bertz CT molecular complexity index is 2440. The van der Waals surface area contributed by atoms with Gasteiger partial charge in [0.15, 0.2) is 11.6 Å². The zero-order valence-corrected chi connectivity index (χ0v) is 32.2. The van der Waals surface area contributed by atoms with Gasteiger partial charge in [-0.2, -0.15) is 14.7 Å². The molecule has 3 amide bonds. The first-order valence-electron chi connectivity index (χ1n) is 18.5. The SMILES string of the molecule is Cn1nc(N2CCC(=O)NC2=O)c2ccc(C3CCN(Cc4cnc(-c5cc(S(=O)(=O)N6CCC(Nc7ncc(Cl)cn7)CC6)ccc5C#N)nc4)CC3)cc21. The Morgan fingerprint density at radius 3 is 2.36 bits per heavy atom. The number of anilines is 2. The number of piperidine rings is 2. The molecule has 16 nitrogen and oxygen atoms in total. The van der Waals surface area contributed by atoms with Crippen LogP contribution in [0.2, 0.25) is 5.02 Å². The van der Waals surface area contributed by atoms with Gasteiger partial charge in [0.25, 0.3) is 0 Å². The number of carbonyl (C=O) groups is 2. The van der Waals surface area contributed by atoms with E-state index in [9.17, 15) is 23.3 Å². The summed E-state index contributed by atoms with van der Waals surface area (Å²) in [4.78, 5) is 45.6. The molecular formula is C38H39ClN12O4S. The molecule has 56 heavy (non-hydrogen) atoms. The van der Waals surface area contributed by atoms with Crippen molar-refractivity contribution in [1.82, 2.24) is 44.2 Å². The van der Waals surface area contributed by atoms with Crippen LogP contribution in [0, 0.1) is 11.3 Å². The average Bonchev–Trinajstić information content (AvgIpc) is 3.54. The van der Waals surface area contributed by atoms with E-state index >= 15 is 0 Å². The normalized spacial score (nSPS) is 17.9. The zero-order valence-electron chi connectivity index (χ0n) is 30.6. The standard InChI is InChI=1S/C38H39ClN12O4S/c1-48-33-16-26(3-5-31(33)36(47-48)51-15-10-34(52)46-38(51)53)25-6-11-49(12-7-25)23-24-19-41-35(42-20-24)32-17-30(4-2-27(32)18-40)56(54,55)50-13-8-29(9-14-50)45-37-43-21-28(39)22-44-37/h2-5,16-17,19-22,25,29H,6-15,23H2,1H3,(H,43,44,45)(H,46,52,53). The largest absolute Gasteiger partial charge is 0.351 e. The minimum atomic E-state index is -3.84. The first-order chi connectivity index (χ1) is 27.0. The fourth-order valence-corrected chi connectivity index (χ4v) is 9.25. The molecule has 0 aliphatic carbocycles. The molecule has 6 heterocycles. The van der Waals surface area contributed by atoms with Gasteiger partial charge in [-0.05, 0) is 80.6 Å². The molecule has 3 aliphatic rings. The van der Waals surface area contributed by atoms with Crippen molar-refractivity contribution >= 4 is 56.2 Å². The van der Waals surface area contributed by atoms with E-state index in [2.05, 4.69) is 58.8 Å². The number of aryl methyl sites for hydroxylation is 1. The van der Waals surface area contributed by atoms with E-state index in [1.165, 1.54) is 45.4 Å². The van der Waals surface area contributed by atoms with Crippen LogP contribution in [-0.2, 0) is 28.4 Å². The number of hydrogen-bond acceptors (Lipinski definition) is 12. The van der Waals surface area contributed by atoms with Crippen molar-refractivity contribution in [3.8, 4) is 17.5 Å². The number of benzene rings is 2. The lowest BCUT2D eigenvalue weighted by molar-refractivity contribution is -0.120. The van der Waals surface area contributed by atoms with Gasteiger partial charge < -0.3 is 5.32 Å². The molecule has 0 atom stereocenters. The molecule has 0 bridgehead atoms. The summed E-state index contributed by atoms with van der Waals surface area (Å²) < 4.78 is 30.7. The van der Waals surface area contributed by atoms with Crippen LogP contribution in [0.4, 0.5) is 16.6 Å². The number of halogens is 1. The summed E-state index contributed by atoms with van der Waals surface area (Å²) in [6.07, 6.45) is 9.82. The minimum Gasteiger partial charge on any atom is -0.351 e. The molecule has 0 spiro atoms. The summed E-state index contributed by atoms with van der Waals surface area (Å²) in [5, 5.41) is 21.4. The molecule has 3 aromatic heterocycles. The maximum absolute atomic E-state index is 13.7. The van der Waals surface area contributed by atoms with Crippen molar-refractivity contribution in [2.45, 2.75) is 55.5 Å². The van der Waals surface area contributed by atoms with Crippen LogP contribution in [0.1, 0.15) is 54.7 Å². The molecule has 0 unspecified atom stereocenters. The highest BCUT2D eigenvalue weighted by Crippen LogP contribution is 2.34. The second kappa shape index (κ2) is 15.5. The molecule has 3 saturated heterocycles. The van der Waals surface area contributed by atoms with Crippen molar-refractivity contribution in [3.05, 3.63) is 82.9 Å². The molecule has 0 radical (unpaired) electrons. The highest BCUT2D eigenvalue weighted by Gasteiger charge is 2.31. The van der Waals surface area contributed by atoms with Crippen LogP contribution in [0.5, 0.6) is 0 Å². The van der Waals surface area contributed by atoms with E-state index in [0.29, 0.717) is 72.9 Å². The van der Waals surface area contributed by atoms with Gasteiger partial charge in [0.2, 0.25) is 21.9 Å². The summed E-state index contributed by atoms with van der Waals surface area (Å²) in [5.41, 5.74) is 3.73. The lowest BCUT2D eigenvalue weighted by atomic mass is 9.89. The number of urea groups is 1. The minimum absolute atomic E-state index is 0.0158. The fraction of sp³-hybridized carbons (Fsp3) is 0.368. The number of carbonyl (C=O) groups excluding carboxylic acids is 2. The van der Waals surface area contributed by atoms with Crippen molar-refractivity contribution in [2.75, 3.05) is 42.9 Å². The van der Waals surface area contributed by atoms with Gasteiger partial charge in [-0.15, -0.1) is 0 Å². The first-order valence-corrected chi connectivity index (χ1v) is 20.3. The second-order valence-electron chi connectivity index (χ2n) is 14.3. The number of fused-ring (bicyclic) bond motifs is 1. The van der Waals surface area contributed by atoms with Crippen LogP contribution in [0.25, 0.3) is 22.3 Å². The fourth-order valence-electron chi connectivity index (χ4n) is 7.66. The Balaban J connectivity index is 0.885. The Hall–Kier alpha value is -5.54. The van der Waals surface area contributed by atoms with Gasteiger partial charge in [0, 0.05) is 74.6 Å².